The normalized spacial score (nSPS) is 39.0. The van der Waals surface area contributed by atoms with Gasteiger partial charge < -0.3 is 5.73 Å². The second kappa shape index (κ2) is 3.25. The maximum absolute atomic E-state index is 5.73. The fourth-order valence-electron chi connectivity index (χ4n) is 2.74. The van der Waals surface area contributed by atoms with E-state index in [2.05, 4.69) is 18.7 Å². The van der Waals surface area contributed by atoms with Crippen molar-refractivity contribution >= 4 is 0 Å². The number of rotatable bonds is 2. The van der Waals surface area contributed by atoms with Gasteiger partial charge in [-0.05, 0) is 43.7 Å². The molecular formula is C11H22N2. The van der Waals surface area contributed by atoms with E-state index in [1.165, 1.54) is 32.4 Å². The van der Waals surface area contributed by atoms with Crippen LogP contribution in [0.5, 0.6) is 0 Å². The summed E-state index contributed by atoms with van der Waals surface area (Å²) in [5.74, 6) is 0.800. The summed E-state index contributed by atoms with van der Waals surface area (Å²) in [5, 5.41) is 0. The molecule has 2 unspecified atom stereocenters. The van der Waals surface area contributed by atoms with Gasteiger partial charge in [-0.1, -0.05) is 13.8 Å². The second-order valence-corrected chi connectivity index (χ2v) is 5.53. The smallest absolute Gasteiger partial charge is 0.0136 e. The molecule has 0 radical (unpaired) electrons. The lowest BCUT2D eigenvalue weighted by atomic mass is 9.78. The van der Waals surface area contributed by atoms with Crippen LogP contribution in [0.3, 0.4) is 0 Å². The summed E-state index contributed by atoms with van der Waals surface area (Å²) < 4.78 is 0. The van der Waals surface area contributed by atoms with Crippen LogP contribution >= 0.6 is 0 Å². The van der Waals surface area contributed by atoms with Gasteiger partial charge in [-0.2, -0.15) is 0 Å². The highest BCUT2D eigenvalue weighted by molar-refractivity contribution is 4.94. The average molecular weight is 182 g/mol. The van der Waals surface area contributed by atoms with Crippen molar-refractivity contribution in [1.82, 2.24) is 4.90 Å². The maximum atomic E-state index is 5.73. The predicted molar refractivity (Wildman–Crippen MR) is 55.5 cm³/mol. The van der Waals surface area contributed by atoms with Crippen LogP contribution in [-0.4, -0.2) is 30.6 Å². The van der Waals surface area contributed by atoms with E-state index in [1.807, 2.05) is 0 Å². The molecule has 1 saturated heterocycles. The fourth-order valence-corrected chi connectivity index (χ4v) is 2.74. The lowest BCUT2D eigenvalue weighted by Gasteiger charge is -2.42. The summed E-state index contributed by atoms with van der Waals surface area (Å²) in [7, 11) is 0. The van der Waals surface area contributed by atoms with Crippen molar-refractivity contribution in [2.45, 2.75) is 39.2 Å². The molecule has 1 heterocycles. The van der Waals surface area contributed by atoms with Gasteiger partial charge in [-0.3, -0.25) is 4.90 Å². The minimum Gasteiger partial charge on any atom is -0.330 e. The summed E-state index contributed by atoms with van der Waals surface area (Å²) in [6.45, 7) is 8.23. The van der Waals surface area contributed by atoms with E-state index in [9.17, 15) is 0 Å². The van der Waals surface area contributed by atoms with Gasteiger partial charge in [0.05, 0.1) is 0 Å². The highest BCUT2D eigenvalue weighted by Gasteiger charge is 2.40. The predicted octanol–water partition coefficient (Wildman–Crippen LogP) is 1.46. The number of hydrogen-bond donors (Lipinski definition) is 1. The molecule has 2 aliphatic rings. The molecule has 1 saturated carbocycles. The van der Waals surface area contributed by atoms with E-state index in [1.54, 1.807) is 0 Å². The van der Waals surface area contributed by atoms with Crippen molar-refractivity contribution in [3.63, 3.8) is 0 Å². The Hall–Kier alpha value is -0.0800. The van der Waals surface area contributed by atoms with E-state index in [0.29, 0.717) is 5.41 Å². The van der Waals surface area contributed by atoms with Crippen LogP contribution in [0.15, 0.2) is 0 Å². The molecule has 2 fully saturated rings. The second-order valence-electron chi connectivity index (χ2n) is 5.53. The minimum atomic E-state index is 0.550. The molecule has 0 amide bonds. The van der Waals surface area contributed by atoms with E-state index >= 15 is 0 Å². The van der Waals surface area contributed by atoms with Gasteiger partial charge in [0.1, 0.15) is 0 Å². The average Bonchev–Trinajstić information content (AvgIpc) is 2.29. The van der Waals surface area contributed by atoms with Crippen molar-refractivity contribution < 1.29 is 0 Å². The highest BCUT2D eigenvalue weighted by Crippen LogP contribution is 2.38. The van der Waals surface area contributed by atoms with Crippen LogP contribution in [-0.2, 0) is 0 Å². The topological polar surface area (TPSA) is 29.3 Å². The van der Waals surface area contributed by atoms with Crippen LogP contribution in [0, 0.1) is 11.3 Å². The molecule has 0 bridgehead atoms. The first-order chi connectivity index (χ1) is 6.12. The fraction of sp³-hybridized carbons (Fsp3) is 1.00. The zero-order valence-corrected chi connectivity index (χ0v) is 8.92. The third-order valence-electron chi connectivity index (χ3n) is 3.86. The van der Waals surface area contributed by atoms with Gasteiger partial charge in [0.2, 0.25) is 0 Å². The number of nitrogens with zero attached hydrogens (tertiary/aromatic N) is 1. The molecule has 0 aromatic carbocycles. The maximum Gasteiger partial charge on any atom is 0.0136 e. The third kappa shape index (κ3) is 1.75. The van der Waals surface area contributed by atoms with E-state index in [-0.39, 0.29) is 0 Å². The van der Waals surface area contributed by atoms with Crippen molar-refractivity contribution in [3.8, 4) is 0 Å². The first-order valence-electron chi connectivity index (χ1n) is 5.56. The standard InChI is InChI=1S/C11H22N2/c1-11(2)5-6-13(8-11)10-4-3-9(10)7-12/h9-10H,3-8,12H2,1-2H3. The van der Waals surface area contributed by atoms with Gasteiger partial charge in [0.15, 0.2) is 0 Å². The van der Waals surface area contributed by atoms with Gasteiger partial charge in [-0.15, -0.1) is 0 Å². The monoisotopic (exact) mass is 182 g/mol. The molecule has 1 aliphatic heterocycles. The molecule has 76 valence electrons. The van der Waals surface area contributed by atoms with Gasteiger partial charge >= 0.3 is 0 Å². The Kier molecular flexibility index (Phi) is 2.37. The summed E-state index contributed by atoms with van der Waals surface area (Å²) in [4.78, 5) is 2.67. The molecule has 0 aromatic rings. The molecule has 0 aromatic heterocycles. The van der Waals surface area contributed by atoms with Crippen molar-refractivity contribution in [2.75, 3.05) is 19.6 Å². The van der Waals surface area contributed by atoms with Crippen LogP contribution in [0.4, 0.5) is 0 Å². The van der Waals surface area contributed by atoms with E-state index in [0.717, 1.165) is 18.5 Å². The molecular weight excluding hydrogens is 160 g/mol. The summed E-state index contributed by atoms with van der Waals surface area (Å²) in [6, 6.07) is 0.826. The molecule has 2 atom stereocenters. The quantitative estimate of drug-likeness (QED) is 0.700. The lowest BCUT2D eigenvalue weighted by molar-refractivity contribution is 0.0796. The highest BCUT2D eigenvalue weighted by atomic mass is 15.2. The van der Waals surface area contributed by atoms with Crippen LogP contribution in [0.1, 0.15) is 33.1 Å². The van der Waals surface area contributed by atoms with E-state index in [4.69, 9.17) is 5.73 Å². The molecule has 2 nitrogen and oxygen atoms in total. The Bertz CT molecular complexity index is 187. The van der Waals surface area contributed by atoms with Crippen molar-refractivity contribution in [2.24, 2.45) is 17.1 Å². The van der Waals surface area contributed by atoms with Gasteiger partial charge in [-0.25, -0.2) is 0 Å². The molecule has 2 heteroatoms. The number of hydrogen-bond acceptors (Lipinski definition) is 2. The largest absolute Gasteiger partial charge is 0.330 e. The Morgan fingerprint density at radius 2 is 2.15 bits per heavy atom. The molecule has 2 N–H and O–H groups in total. The SMILES string of the molecule is CC1(C)CCN(C2CCC2CN)C1. The van der Waals surface area contributed by atoms with Gasteiger partial charge in [0.25, 0.3) is 0 Å². The first kappa shape index (κ1) is 9.47. The molecule has 1 aliphatic carbocycles. The Morgan fingerprint density at radius 3 is 2.54 bits per heavy atom. The van der Waals surface area contributed by atoms with Crippen LogP contribution in [0.25, 0.3) is 0 Å². The number of nitrogens with two attached hydrogens (primary N) is 1. The zero-order chi connectivity index (χ0) is 9.47. The Morgan fingerprint density at radius 1 is 1.38 bits per heavy atom. The Labute approximate surface area is 81.5 Å². The lowest BCUT2D eigenvalue weighted by Crippen LogP contribution is -2.49. The Balaban J connectivity index is 1.89. The zero-order valence-electron chi connectivity index (χ0n) is 8.92. The van der Waals surface area contributed by atoms with Crippen molar-refractivity contribution in [1.29, 1.82) is 0 Å². The van der Waals surface area contributed by atoms with E-state index < -0.39 is 0 Å². The molecule has 2 rings (SSSR count). The van der Waals surface area contributed by atoms with Crippen LogP contribution < -0.4 is 5.73 Å². The van der Waals surface area contributed by atoms with Gasteiger partial charge in [0, 0.05) is 12.6 Å². The molecule has 13 heavy (non-hydrogen) atoms. The first-order valence-corrected chi connectivity index (χ1v) is 5.56. The summed E-state index contributed by atoms with van der Waals surface area (Å²) >= 11 is 0. The minimum absolute atomic E-state index is 0.550. The molecule has 0 spiro atoms. The third-order valence-corrected chi connectivity index (χ3v) is 3.86. The van der Waals surface area contributed by atoms with Crippen LogP contribution in [0.2, 0.25) is 0 Å². The summed E-state index contributed by atoms with van der Waals surface area (Å²) in [5.41, 5.74) is 6.28. The summed E-state index contributed by atoms with van der Waals surface area (Å²) in [6.07, 6.45) is 4.11. The number of likely N-dealkylation sites (tertiary alicyclic amines) is 1. The van der Waals surface area contributed by atoms with Crippen molar-refractivity contribution in [3.05, 3.63) is 0 Å².